The lowest BCUT2D eigenvalue weighted by Crippen LogP contribution is -2.06. The number of benzene rings is 1. The molecule has 0 spiro atoms. The molecule has 5 heteroatoms. The van der Waals surface area contributed by atoms with E-state index < -0.39 is 5.82 Å². The summed E-state index contributed by atoms with van der Waals surface area (Å²) in [6.07, 6.45) is 4.40. The van der Waals surface area contributed by atoms with Crippen LogP contribution < -0.4 is 5.73 Å². The minimum absolute atomic E-state index is 0.1000. The minimum Gasteiger partial charge on any atom is -0.383 e. The topological polar surface area (TPSA) is 43.8 Å². The Morgan fingerprint density at radius 2 is 2.19 bits per heavy atom. The largest absolute Gasteiger partial charge is 0.383 e. The van der Waals surface area contributed by atoms with Crippen molar-refractivity contribution in [1.82, 2.24) is 9.55 Å². The molecule has 1 aliphatic carbocycles. The molecule has 1 heterocycles. The number of nitrogens with zero attached hydrogens (tertiary/aromatic N) is 2. The van der Waals surface area contributed by atoms with Crippen molar-refractivity contribution in [3.05, 3.63) is 34.9 Å². The van der Waals surface area contributed by atoms with Crippen LogP contribution in [0.15, 0.2) is 18.2 Å². The number of unbranched alkanes of at least 4 members (excludes halogenated alkanes) is 1. The summed E-state index contributed by atoms with van der Waals surface area (Å²) in [5.74, 6) is 1.57. The lowest BCUT2D eigenvalue weighted by Gasteiger charge is -2.08. The summed E-state index contributed by atoms with van der Waals surface area (Å²) in [7, 11) is 0. The van der Waals surface area contributed by atoms with E-state index in [0.29, 0.717) is 23.0 Å². The Bertz CT molecular complexity index is 662. The molecule has 21 heavy (non-hydrogen) atoms. The average Bonchev–Trinajstić information content (AvgIpc) is 3.26. The molecule has 0 aliphatic heterocycles. The average molecular weight is 308 g/mol. The number of imidazole rings is 1. The van der Waals surface area contributed by atoms with E-state index in [1.54, 1.807) is 12.1 Å². The van der Waals surface area contributed by atoms with Gasteiger partial charge in [0.15, 0.2) is 5.82 Å². The quantitative estimate of drug-likeness (QED) is 0.877. The van der Waals surface area contributed by atoms with Crippen LogP contribution in [0.1, 0.15) is 44.3 Å². The number of halogens is 2. The first-order valence-corrected chi connectivity index (χ1v) is 7.81. The zero-order valence-corrected chi connectivity index (χ0v) is 12.8. The molecule has 0 saturated heterocycles. The van der Waals surface area contributed by atoms with E-state index in [2.05, 4.69) is 16.5 Å². The summed E-state index contributed by atoms with van der Waals surface area (Å²) < 4.78 is 16.3. The molecule has 2 aromatic rings. The fraction of sp³-hybridized carbons (Fsp3) is 0.438. The maximum absolute atomic E-state index is 14.2. The van der Waals surface area contributed by atoms with Gasteiger partial charge in [0.2, 0.25) is 0 Å². The first-order chi connectivity index (χ1) is 10.1. The fourth-order valence-electron chi connectivity index (χ4n) is 2.57. The smallest absolute Gasteiger partial charge is 0.151 e. The zero-order chi connectivity index (χ0) is 15.0. The second-order valence-corrected chi connectivity index (χ2v) is 5.99. The molecule has 0 bridgehead atoms. The van der Waals surface area contributed by atoms with Crippen LogP contribution in [0.25, 0.3) is 11.3 Å². The van der Waals surface area contributed by atoms with Gasteiger partial charge in [0.25, 0.3) is 0 Å². The summed E-state index contributed by atoms with van der Waals surface area (Å²) in [6.45, 7) is 2.98. The number of hydrogen-bond acceptors (Lipinski definition) is 2. The second kappa shape index (κ2) is 5.68. The molecule has 3 rings (SSSR count). The van der Waals surface area contributed by atoms with E-state index in [1.807, 2.05) is 0 Å². The maximum Gasteiger partial charge on any atom is 0.151 e. The van der Waals surface area contributed by atoms with E-state index in [9.17, 15) is 4.39 Å². The molecular weight excluding hydrogens is 289 g/mol. The number of nitrogen functional groups attached to an aromatic ring is 1. The third-order valence-electron chi connectivity index (χ3n) is 3.92. The highest BCUT2D eigenvalue weighted by atomic mass is 35.5. The predicted octanol–water partition coefficient (Wildman–Crippen LogP) is 4.60. The summed E-state index contributed by atoms with van der Waals surface area (Å²) >= 11 is 5.87. The first-order valence-electron chi connectivity index (χ1n) is 7.43. The third kappa shape index (κ3) is 2.64. The van der Waals surface area contributed by atoms with E-state index in [4.69, 9.17) is 17.3 Å². The summed E-state index contributed by atoms with van der Waals surface area (Å²) in [5, 5.41) is 0.1000. The summed E-state index contributed by atoms with van der Waals surface area (Å²) in [6, 6.07) is 4.94. The van der Waals surface area contributed by atoms with Gasteiger partial charge < -0.3 is 10.3 Å². The van der Waals surface area contributed by atoms with Crippen molar-refractivity contribution in [2.45, 2.75) is 45.1 Å². The van der Waals surface area contributed by atoms with Crippen LogP contribution in [0.3, 0.4) is 0 Å². The first kappa shape index (κ1) is 14.4. The maximum atomic E-state index is 14.2. The molecule has 0 radical (unpaired) electrons. The van der Waals surface area contributed by atoms with Crippen LogP contribution in [0.2, 0.25) is 5.02 Å². The Morgan fingerprint density at radius 1 is 1.43 bits per heavy atom. The summed E-state index contributed by atoms with van der Waals surface area (Å²) in [5.41, 5.74) is 7.16. The standard InChI is InChI=1S/C16H19ClFN3/c1-2-3-9-21-15(19)14(20-16(21)10-7-8-10)11-5-4-6-12(17)13(11)18/h4-6,10H,2-3,7-9,19H2,1H3. The molecule has 112 valence electrons. The van der Waals surface area contributed by atoms with E-state index in [-0.39, 0.29) is 5.02 Å². The van der Waals surface area contributed by atoms with Crippen LogP contribution in [0, 0.1) is 5.82 Å². The highest BCUT2D eigenvalue weighted by Gasteiger charge is 2.31. The van der Waals surface area contributed by atoms with Gasteiger partial charge in [0.05, 0.1) is 5.02 Å². The van der Waals surface area contributed by atoms with Crippen LogP contribution in [0.5, 0.6) is 0 Å². The highest BCUT2D eigenvalue weighted by Crippen LogP contribution is 2.43. The molecule has 1 aromatic carbocycles. The van der Waals surface area contributed by atoms with Gasteiger partial charge in [0.1, 0.15) is 17.3 Å². The normalized spacial score (nSPS) is 14.6. The number of anilines is 1. The van der Waals surface area contributed by atoms with Crippen molar-refractivity contribution in [2.75, 3.05) is 5.73 Å². The Morgan fingerprint density at radius 3 is 2.86 bits per heavy atom. The van der Waals surface area contributed by atoms with Crippen LogP contribution in [0.4, 0.5) is 10.2 Å². The Balaban J connectivity index is 2.08. The van der Waals surface area contributed by atoms with E-state index in [0.717, 1.165) is 38.1 Å². The van der Waals surface area contributed by atoms with Crippen molar-refractivity contribution in [3.63, 3.8) is 0 Å². The summed E-state index contributed by atoms with van der Waals surface area (Å²) in [4.78, 5) is 4.64. The lowest BCUT2D eigenvalue weighted by atomic mass is 10.1. The SMILES string of the molecule is CCCCn1c(C2CC2)nc(-c2cccc(Cl)c2F)c1N. The van der Waals surface area contributed by atoms with Gasteiger partial charge in [-0.1, -0.05) is 31.0 Å². The minimum atomic E-state index is -0.451. The molecule has 1 saturated carbocycles. The molecule has 0 amide bonds. The van der Waals surface area contributed by atoms with Gasteiger partial charge in [0, 0.05) is 18.0 Å². The van der Waals surface area contributed by atoms with Crippen molar-refractivity contribution in [3.8, 4) is 11.3 Å². The van der Waals surface area contributed by atoms with Crippen LogP contribution in [-0.2, 0) is 6.54 Å². The van der Waals surface area contributed by atoms with Crippen LogP contribution >= 0.6 is 11.6 Å². The lowest BCUT2D eigenvalue weighted by molar-refractivity contribution is 0.609. The van der Waals surface area contributed by atoms with Gasteiger partial charge >= 0.3 is 0 Å². The molecule has 0 unspecified atom stereocenters. The monoisotopic (exact) mass is 307 g/mol. The Labute approximate surface area is 128 Å². The Hall–Kier alpha value is -1.55. The Kier molecular flexibility index (Phi) is 3.89. The van der Waals surface area contributed by atoms with E-state index >= 15 is 0 Å². The highest BCUT2D eigenvalue weighted by molar-refractivity contribution is 6.31. The molecular formula is C16H19ClFN3. The van der Waals surface area contributed by atoms with Gasteiger partial charge in [-0.05, 0) is 31.4 Å². The molecule has 1 aromatic heterocycles. The number of rotatable bonds is 5. The molecule has 2 N–H and O–H groups in total. The predicted molar refractivity (Wildman–Crippen MR) is 83.9 cm³/mol. The van der Waals surface area contributed by atoms with Crippen molar-refractivity contribution >= 4 is 17.4 Å². The number of hydrogen-bond donors (Lipinski definition) is 1. The fourth-order valence-corrected chi connectivity index (χ4v) is 2.75. The molecule has 1 aliphatic rings. The second-order valence-electron chi connectivity index (χ2n) is 5.58. The van der Waals surface area contributed by atoms with Gasteiger partial charge in [-0.15, -0.1) is 0 Å². The molecule has 1 fully saturated rings. The van der Waals surface area contributed by atoms with E-state index in [1.165, 1.54) is 6.07 Å². The number of aromatic nitrogens is 2. The molecule has 0 atom stereocenters. The number of nitrogens with two attached hydrogens (primary N) is 1. The van der Waals surface area contributed by atoms with Crippen molar-refractivity contribution in [1.29, 1.82) is 0 Å². The van der Waals surface area contributed by atoms with Crippen molar-refractivity contribution < 1.29 is 4.39 Å². The zero-order valence-electron chi connectivity index (χ0n) is 12.1. The van der Waals surface area contributed by atoms with Crippen LogP contribution in [-0.4, -0.2) is 9.55 Å². The van der Waals surface area contributed by atoms with Crippen molar-refractivity contribution in [2.24, 2.45) is 0 Å². The third-order valence-corrected chi connectivity index (χ3v) is 4.21. The molecule has 3 nitrogen and oxygen atoms in total. The van der Waals surface area contributed by atoms with Gasteiger partial charge in [-0.25, -0.2) is 9.37 Å². The van der Waals surface area contributed by atoms with Gasteiger partial charge in [-0.2, -0.15) is 0 Å². The van der Waals surface area contributed by atoms with Gasteiger partial charge in [-0.3, -0.25) is 0 Å².